The Kier molecular flexibility index (Phi) is 5.16. The molecule has 6 nitrogen and oxygen atoms in total. The molecule has 0 saturated carbocycles. The van der Waals surface area contributed by atoms with Gasteiger partial charge in [0, 0.05) is 13.1 Å². The van der Waals surface area contributed by atoms with Crippen molar-refractivity contribution in [3.63, 3.8) is 0 Å². The average molecular weight is 292 g/mol. The predicted molar refractivity (Wildman–Crippen MR) is 76.9 cm³/mol. The SMILES string of the molecule is O=C(O)[C@H](CCc1ccccc1)NC(=O)N1CCC(O)C1. The molecule has 6 heteroatoms. The Labute approximate surface area is 123 Å². The molecule has 0 bridgehead atoms. The van der Waals surface area contributed by atoms with Gasteiger partial charge in [0.25, 0.3) is 0 Å². The standard InChI is InChI=1S/C15H20N2O4/c18-12-8-9-17(10-12)15(21)16-13(14(19)20)7-6-11-4-2-1-3-5-11/h1-5,12-13,18H,6-10H2,(H,16,21)(H,19,20)/t12?,13-/m0/s1. The van der Waals surface area contributed by atoms with Gasteiger partial charge >= 0.3 is 12.0 Å². The van der Waals surface area contributed by atoms with Crippen LogP contribution in [0.3, 0.4) is 0 Å². The zero-order valence-corrected chi connectivity index (χ0v) is 11.7. The molecule has 114 valence electrons. The second-order valence-corrected chi connectivity index (χ2v) is 5.25. The summed E-state index contributed by atoms with van der Waals surface area (Å²) in [7, 11) is 0. The minimum absolute atomic E-state index is 0.261. The van der Waals surface area contributed by atoms with Crippen LogP contribution in [0.4, 0.5) is 4.79 Å². The van der Waals surface area contributed by atoms with Crippen molar-refractivity contribution in [3.8, 4) is 0 Å². The van der Waals surface area contributed by atoms with Crippen molar-refractivity contribution in [3.05, 3.63) is 35.9 Å². The van der Waals surface area contributed by atoms with E-state index in [2.05, 4.69) is 5.32 Å². The number of urea groups is 1. The second kappa shape index (κ2) is 7.08. The van der Waals surface area contributed by atoms with Crippen LogP contribution in [0.2, 0.25) is 0 Å². The van der Waals surface area contributed by atoms with Crippen LogP contribution in [0.25, 0.3) is 0 Å². The van der Waals surface area contributed by atoms with E-state index >= 15 is 0 Å². The zero-order valence-electron chi connectivity index (χ0n) is 11.7. The maximum atomic E-state index is 12.0. The quantitative estimate of drug-likeness (QED) is 0.750. The van der Waals surface area contributed by atoms with Gasteiger partial charge in [-0.15, -0.1) is 0 Å². The fourth-order valence-corrected chi connectivity index (χ4v) is 2.38. The van der Waals surface area contributed by atoms with Crippen LogP contribution < -0.4 is 5.32 Å². The lowest BCUT2D eigenvalue weighted by atomic mass is 10.1. The van der Waals surface area contributed by atoms with Crippen molar-refractivity contribution < 1.29 is 19.8 Å². The number of nitrogens with zero attached hydrogens (tertiary/aromatic N) is 1. The number of likely N-dealkylation sites (tertiary alicyclic amines) is 1. The van der Waals surface area contributed by atoms with Gasteiger partial charge in [0.2, 0.25) is 0 Å². The van der Waals surface area contributed by atoms with Gasteiger partial charge in [0.05, 0.1) is 6.10 Å². The van der Waals surface area contributed by atoms with Gasteiger partial charge in [-0.05, 0) is 24.8 Å². The van der Waals surface area contributed by atoms with Gasteiger partial charge in [-0.1, -0.05) is 30.3 Å². The first-order chi connectivity index (χ1) is 10.1. The summed E-state index contributed by atoms with van der Waals surface area (Å²) >= 11 is 0. The molecule has 2 atom stereocenters. The molecule has 1 unspecified atom stereocenters. The van der Waals surface area contributed by atoms with E-state index in [0.29, 0.717) is 25.8 Å². The maximum Gasteiger partial charge on any atom is 0.326 e. The molecule has 1 heterocycles. The first-order valence-corrected chi connectivity index (χ1v) is 7.06. The number of rotatable bonds is 5. The number of hydrogen-bond acceptors (Lipinski definition) is 3. The summed E-state index contributed by atoms with van der Waals surface area (Å²) in [5, 5.41) is 21.1. The largest absolute Gasteiger partial charge is 0.480 e. The molecule has 1 aromatic carbocycles. The van der Waals surface area contributed by atoms with Crippen LogP contribution >= 0.6 is 0 Å². The van der Waals surface area contributed by atoms with Crippen LogP contribution in [-0.2, 0) is 11.2 Å². The number of carbonyl (C=O) groups is 2. The summed E-state index contributed by atoms with van der Waals surface area (Å²) in [6.07, 6.45) is 0.945. The molecule has 1 aliphatic rings. The molecule has 0 radical (unpaired) electrons. The molecule has 1 saturated heterocycles. The van der Waals surface area contributed by atoms with Crippen molar-refractivity contribution in [2.24, 2.45) is 0 Å². The highest BCUT2D eigenvalue weighted by atomic mass is 16.4. The summed E-state index contributed by atoms with van der Waals surface area (Å²) in [6, 6.07) is 8.21. The van der Waals surface area contributed by atoms with Gasteiger partial charge in [0.1, 0.15) is 6.04 Å². The summed E-state index contributed by atoms with van der Waals surface area (Å²) in [4.78, 5) is 24.7. The molecule has 1 fully saturated rings. The van der Waals surface area contributed by atoms with Crippen LogP contribution in [0.15, 0.2) is 30.3 Å². The molecule has 0 aliphatic carbocycles. The van der Waals surface area contributed by atoms with Crippen molar-refractivity contribution in [1.82, 2.24) is 10.2 Å². The summed E-state index contributed by atoms with van der Waals surface area (Å²) in [6.45, 7) is 0.717. The minimum Gasteiger partial charge on any atom is -0.480 e. The number of amides is 2. The molecule has 0 spiro atoms. The van der Waals surface area contributed by atoms with Gasteiger partial charge in [-0.3, -0.25) is 0 Å². The lowest BCUT2D eigenvalue weighted by Crippen LogP contribution is -2.47. The molecule has 2 amide bonds. The third-order valence-electron chi connectivity index (χ3n) is 3.61. The van der Waals surface area contributed by atoms with E-state index in [1.54, 1.807) is 0 Å². The minimum atomic E-state index is -1.04. The number of aryl methyl sites for hydroxylation is 1. The first-order valence-electron chi connectivity index (χ1n) is 7.06. The highest BCUT2D eigenvalue weighted by Gasteiger charge is 2.28. The van der Waals surface area contributed by atoms with E-state index in [0.717, 1.165) is 5.56 Å². The van der Waals surface area contributed by atoms with Crippen molar-refractivity contribution in [2.45, 2.75) is 31.4 Å². The summed E-state index contributed by atoms with van der Waals surface area (Å²) in [5.41, 5.74) is 1.04. The van der Waals surface area contributed by atoms with E-state index in [1.165, 1.54) is 4.90 Å². The zero-order chi connectivity index (χ0) is 15.2. The highest BCUT2D eigenvalue weighted by molar-refractivity contribution is 5.82. The topological polar surface area (TPSA) is 89.9 Å². The van der Waals surface area contributed by atoms with Crippen LogP contribution in [0.1, 0.15) is 18.4 Å². The Morgan fingerprint density at radius 3 is 2.62 bits per heavy atom. The average Bonchev–Trinajstić information content (AvgIpc) is 2.90. The fraction of sp³-hybridized carbons (Fsp3) is 0.467. The smallest absolute Gasteiger partial charge is 0.326 e. The van der Waals surface area contributed by atoms with E-state index in [1.807, 2.05) is 30.3 Å². The number of aliphatic hydroxyl groups is 1. The monoisotopic (exact) mass is 292 g/mol. The Morgan fingerprint density at radius 2 is 2.05 bits per heavy atom. The number of hydrogen-bond donors (Lipinski definition) is 3. The fourth-order valence-electron chi connectivity index (χ4n) is 2.38. The first kappa shape index (κ1) is 15.3. The molecule has 21 heavy (non-hydrogen) atoms. The second-order valence-electron chi connectivity index (χ2n) is 5.25. The lowest BCUT2D eigenvalue weighted by molar-refractivity contribution is -0.139. The third-order valence-corrected chi connectivity index (χ3v) is 3.61. The van der Waals surface area contributed by atoms with E-state index < -0.39 is 24.1 Å². The number of aliphatic hydroxyl groups excluding tert-OH is 1. The van der Waals surface area contributed by atoms with E-state index in [9.17, 15) is 19.8 Å². The summed E-state index contributed by atoms with van der Waals surface area (Å²) < 4.78 is 0. The molecular formula is C15H20N2O4. The number of carboxylic acids is 1. The normalized spacial score (nSPS) is 19.3. The number of carbonyl (C=O) groups excluding carboxylic acids is 1. The maximum absolute atomic E-state index is 12.0. The van der Waals surface area contributed by atoms with Gasteiger partial charge in [-0.25, -0.2) is 9.59 Å². The Morgan fingerprint density at radius 1 is 1.33 bits per heavy atom. The molecule has 1 aromatic rings. The van der Waals surface area contributed by atoms with Crippen molar-refractivity contribution in [2.75, 3.05) is 13.1 Å². The molecule has 2 rings (SSSR count). The number of β-amino-alcohol motifs (C(OH)–C–C–N with tert-alkyl or cyclic N) is 1. The van der Waals surface area contributed by atoms with Gasteiger partial charge < -0.3 is 20.4 Å². The van der Waals surface area contributed by atoms with E-state index in [4.69, 9.17) is 0 Å². The van der Waals surface area contributed by atoms with Crippen molar-refractivity contribution >= 4 is 12.0 Å². The van der Waals surface area contributed by atoms with E-state index in [-0.39, 0.29) is 6.54 Å². The predicted octanol–water partition coefficient (Wildman–Crippen LogP) is 0.849. The van der Waals surface area contributed by atoms with Crippen LogP contribution in [0.5, 0.6) is 0 Å². The molecule has 0 aromatic heterocycles. The molecular weight excluding hydrogens is 272 g/mol. The van der Waals surface area contributed by atoms with Crippen LogP contribution in [0, 0.1) is 0 Å². The van der Waals surface area contributed by atoms with Gasteiger partial charge in [-0.2, -0.15) is 0 Å². The number of benzene rings is 1. The van der Waals surface area contributed by atoms with Crippen molar-refractivity contribution in [1.29, 1.82) is 0 Å². The molecule has 3 N–H and O–H groups in total. The number of nitrogens with one attached hydrogen (secondary N) is 1. The number of carboxylic acid groups (broad SMARTS) is 1. The lowest BCUT2D eigenvalue weighted by Gasteiger charge is -2.20. The molecule has 1 aliphatic heterocycles. The summed E-state index contributed by atoms with van der Waals surface area (Å²) in [5.74, 6) is -1.04. The van der Waals surface area contributed by atoms with Crippen LogP contribution in [-0.4, -0.2) is 52.3 Å². The van der Waals surface area contributed by atoms with Gasteiger partial charge in [0.15, 0.2) is 0 Å². The Bertz CT molecular complexity index is 492. The Balaban J connectivity index is 1.87. The highest BCUT2D eigenvalue weighted by Crippen LogP contribution is 2.10. The Hall–Kier alpha value is -2.08. The number of aliphatic carboxylic acids is 1. The third kappa shape index (κ3) is 4.46.